The van der Waals surface area contributed by atoms with E-state index in [1.807, 2.05) is 0 Å². The summed E-state index contributed by atoms with van der Waals surface area (Å²) >= 11 is 11.8. The summed E-state index contributed by atoms with van der Waals surface area (Å²) in [5.74, 6) is -0.463. The number of rotatable bonds is 5. The molecule has 3 rings (SSSR count). The Morgan fingerprint density at radius 3 is 2.15 bits per heavy atom. The number of anilines is 2. The Hall–Kier alpha value is -2.54. The smallest absolute Gasteiger partial charge is 0.263 e. The highest BCUT2D eigenvalue weighted by Crippen LogP contribution is 2.25. The van der Waals surface area contributed by atoms with Crippen LogP contribution in [0.3, 0.4) is 0 Å². The standard InChI is InChI=1S/C19H14Cl2N2O3S/c20-13-9-11-14(12-10-13)22-19(24)15-5-1-3-7-17(15)23-27(25,26)18-8-4-2-6-16(18)21/h1-12,23H,(H,22,24). The van der Waals surface area contributed by atoms with E-state index in [2.05, 4.69) is 10.0 Å². The third-order valence-electron chi connectivity index (χ3n) is 3.64. The quantitative estimate of drug-likeness (QED) is 0.606. The number of carbonyl (C=O) groups is 1. The van der Waals surface area contributed by atoms with Gasteiger partial charge in [-0.1, -0.05) is 47.5 Å². The van der Waals surface area contributed by atoms with Gasteiger partial charge in [0.05, 0.1) is 16.3 Å². The van der Waals surface area contributed by atoms with Gasteiger partial charge in [0.25, 0.3) is 15.9 Å². The molecule has 0 aliphatic heterocycles. The number of para-hydroxylation sites is 1. The molecule has 27 heavy (non-hydrogen) atoms. The van der Waals surface area contributed by atoms with Crippen molar-refractivity contribution in [2.45, 2.75) is 4.90 Å². The van der Waals surface area contributed by atoms with Crippen molar-refractivity contribution in [1.29, 1.82) is 0 Å². The first kappa shape index (κ1) is 19.2. The first-order chi connectivity index (χ1) is 12.9. The second-order valence-corrected chi connectivity index (χ2v) is 8.04. The van der Waals surface area contributed by atoms with Crippen molar-refractivity contribution in [3.05, 3.63) is 88.4 Å². The molecule has 8 heteroatoms. The first-order valence-electron chi connectivity index (χ1n) is 7.80. The monoisotopic (exact) mass is 420 g/mol. The lowest BCUT2D eigenvalue weighted by Crippen LogP contribution is -2.18. The van der Waals surface area contributed by atoms with Gasteiger partial charge < -0.3 is 5.32 Å². The van der Waals surface area contributed by atoms with Crippen LogP contribution in [0.15, 0.2) is 77.7 Å². The molecule has 0 bridgehead atoms. The highest BCUT2D eigenvalue weighted by molar-refractivity contribution is 7.92. The summed E-state index contributed by atoms with van der Waals surface area (Å²) in [4.78, 5) is 12.5. The maximum Gasteiger partial charge on any atom is 0.263 e. The van der Waals surface area contributed by atoms with E-state index in [9.17, 15) is 13.2 Å². The van der Waals surface area contributed by atoms with E-state index >= 15 is 0 Å². The molecule has 2 N–H and O–H groups in total. The van der Waals surface area contributed by atoms with Crippen LogP contribution in [-0.4, -0.2) is 14.3 Å². The van der Waals surface area contributed by atoms with Gasteiger partial charge in [0.15, 0.2) is 0 Å². The number of hydrogen-bond donors (Lipinski definition) is 2. The molecule has 0 atom stereocenters. The van der Waals surface area contributed by atoms with Crippen LogP contribution in [0.4, 0.5) is 11.4 Å². The summed E-state index contributed by atoms with van der Waals surface area (Å²) < 4.78 is 27.7. The Kier molecular flexibility index (Phi) is 5.70. The molecule has 0 aliphatic carbocycles. The van der Waals surface area contributed by atoms with Gasteiger partial charge in [0.2, 0.25) is 0 Å². The van der Waals surface area contributed by atoms with Gasteiger partial charge >= 0.3 is 0 Å². The first-order valence-corrected chi connectivity index (χ1v) is 10.0. The topological polar surface area (TPSA) is 75.3 Å². The average molecular weight is 421 g/mol. The summed E-state index contributed by atoms with van der Waals surface area (Å²) in [6.07, 6.45) is 0. The van der Waals surface area contributed by atoms with Gasteiger partial charge in [-0.25, -0.2) is 8.42 Å². The fourth-order valence-electron chi connectivity index (χ4n) is 2.36. The fraction of sp³-hybridized carbons (Fsp3) is 0. The number of carbonyl (C=O) groups excluding carboxylic acids is 1. The molecule has 0 saturated carbocycles. The maximum absolute atomic E-state index is 12.7. The second kappa shape index (κ2) is 8.00. The summed E-state index contributed by atoms with van der Waals surface area (Å²) in [6, 6.07) is 19.0. The molecular formula is C19H14Cl2N2O3S. The number of halogens is 2. The molecule has 0 saturated heterocycles. The van der Waals surface area contributed by atoms with E-state index in [-0.39, 0.29) is 21.2 Å². The third-order valence-corrected chi connectivity index (χ3v) is 5.76. The van der Waals surface area contributed by atoms with Crippen LogP contribution in [0.1, 0.15) is 10.4 Å². The minimum absolute atomic E-state index is 0.0698. The molecule has 138 valence electrons. The molecule has 3 aromatic carbocycles. The van der Waals surface area contributed by atoms with E-state index < -0.39 is 15.9 Å². The van der Waals surface area contributed by atoms with Crippen molar-refractivity contribution >= 4 is 50.5 Å². The van der Waals surface area contributed by atoms with E-state index in [0.717, 1.165) is 0 Å². The summed E-state index contributed by atoms with van der Waals surface area (Å²) in [7, 11) is -3.96. The Bertz CT molecular complexity index is 1080. The van der Waals surface area contributed by atoms with Crippen molar-refractivity contribution in [2.75, 3.05) is 10.0 Å². The fourth-order valence-corrected chi connectivity index (χ4v) is 4.09. The van der Waals surface area contributed by atoms with Crippen LogP contribution in [-0.2, 0) is 10.0 Å². The van der Waals surface area contributed by atoms with Crippen molar-refractivity contribution in [2.24, 2.45) is 0 Å². The molecule has 0 fully saturated rings. The van der Waals surface area contributed by atoms with Crippen molar-refractivity contribution < 1.29 is 13.2 Å². The number of hydrogen-bond acceptors (Lipinski definition) is 3. The van der Waals surface area contributed by atoms with Gasteiger partial charge in [-0.2, -0.15) is 0 Å². The van der Waals surface area contributed by atoms with Gasteiger partial charge in [-0.15, -0.1) is 0 Å². The van der Waals surface area contributed by atoms with Gasteiger partial charge in [0.1, 0.15) is 4.90 Å². The zero-order valence-corrected chi connectivity index (χ0v) is 16.1. The Balaban J connectivity index is 1.89. The molecule has 0 unspecified atom stereocenters. The molecule has 3 aromatic rings. The lowest BCUT2D eigenvalue weighted by molar-refractivity contribution is 0.102. The van der Waals surface area contributed by atoms with Crippen molar-refractivity contribution in [3.8, 4) is 0 Å². The van der Waals surface area contributed by atoms with E-state index in [0.29, 0.717) is 10.7 Å². The Labute approximate surface area is 167 Å². The van der Waals surface area contributed by atoms with Crippen LogP contribution in [0.2, 0.25) is 10.0 Å². The number of amides is 1. The minimum atomic E-state index is -3.96. The molecule has 0 heterocycles. The zero-order chi connectivity index (χ0) is 19.4. The van der Waals surface area contributed by atoms with Crippen molar-refractivity contribution in [3.63, 3.8) is 0 Å². The molecule has 0 radical (unpaired) electrons. The maximum atomic E-state index is 12.7. The molecule has 0 spiro atoms. The highest BCUT2D eigenvalue weighted by atomic mass is 35.5. The third kappa shape index (κ3) is 4.60. The lowest BCUT2D eigenvalue weighted by Gasteiger charge is -2.13. The summed E-state index contributed by atoms with van der Waals surface area (Å²) in [5.41, 5.74) is 0.847. The SMILES string of the molecule is O=C(Nc1ccc(Cl)cc1)c1ccccc1NS(=O)(=O)c1ccccc1Cl. The highest BCUT2D eigenvalue weighted by Gasteiger charge is 2.20. The molecule has 1 amide bonds. The van der Waals surface area contributed by atoms with Gasteiger partial charge in [-0.05, 0) is 48.5 Å². The van der Waals surface area contributed by atoms with Crippen LogP contribution < -0.4 is 10.0 Å². The average Bonchev–Trinajstić information content (AvgIpc) is 2.64. The summed E-state index contributed by atoms with van der Waals surface area (Å²) in [5, 5.41) is 3.34. The second-order valence-electron chi connectivity index (χ2n) is 5.54. The minimum Gasteiger partial charge on any atom is -0.322 e. The van der Waals surface area contributed by atoms with Crippen LogP contribution >= 0.6 is 23.2 Å². The molecule has 0 aromatic heterocycles. The van der Waals surface area contributed by atoms with Crippen LogP contribution in [0.5, 0.6) is 0 Å². The van der Waals surface area contributed by atoms with E-state index in [1.54, 1.807) is 48.5 Å². The number of sulfonamides is 1. The van der Waals surface area contributed by atoms with Gasteiger partial charge in [-0.3, -0.25) is 9.52 Å². The Morgan fingerprint density at radius 1 is 0.815 bits per heavy atom. The van der Waals surface area contributed by atoms with E-state index in [4.69, 9.17) is 23.2 Å². The molecular weight excluding hydrogens is 407 g/mol. The largest absolute Gasteiger partial charge is 0.322 e. The predicted molar refractivity (Wildman–Crippen MR) is 108 cm³/mol. The normalized spacial score (nSPS) is 11.0. The summed E-state index contributed by atoms with van der Waals surface area (Å²) in [6.45, 7) is 0. The number of nitrogens with one attached hydrogen (secondary N) is 2. The number of benzene rings is 3. The van der Waals surface area contributed by atoms with Gasteiger partial charge in [0, 0.05) is 10.7 Å². The lowest BCUT2D eigenvalue weighted by atomic mass is 10.1. The predicted octanol–water partition coefficient (Wildman–Crippen LogP) is 5.05. The van der Waals surface area contributed by atoms with Crippen LogP contribution in [0.25, 0.3) is 0 Å². The van der Waals surface area contributed by atoms with Crippen LogP contribution in [0, 0.1) is 0 Å². The van der Waals surface area contributed by atoms with E-state index in [1.165, 1.54) is 24.3 Å². The molecule has 0 aliphatic rings. The van der Waals surface area contributed by atoms with Crippen molar-refractivity contribution in [1.82, 2.24) is 0 Å². The molecule has 5 nitrogen and oxygen atoms in total. The Morgan fingerprint density at radius 2 is 1.44 bits per heavy atom. The zero-order valence-electron chi connectivity index (χ0n) is 13.8.